The average Bonchev–Trinajstić information content (AvgIpc) is 2.54. The second kappa shape index (κ2) is 28.3. The number of hydrogen-bond donors (Lipinski definition) is 6. The van der Waals surface area contributed by atoms with E-state index in [9.17, 15) is 9.59 Å². The Balaban J connectivity index is -0.000000336. The van der Waals surface area contributed by atoms with Crippen molar-refractivity contribution in [3.05, 3.63) is 0 Å². The van der Waals surface area contributed by atoms with Crippen LogP contribution >= 0.6 is 25.3 Å². The van der Waals surface area contributed by atoms with Gasteiger partial charge in [-0.15, -0.1) is 0 Å². The van der Waals surface area contributed by atoms with Gasteiger partial charge in [-0.25, -0.2) is 0 Å². The Kier molecular flexibility index (Phi) is 33.0. The van der Waals surface area contributed by atoms with E-state index in [2.05, 4.69) is 25.3 Å². The second-order valence-corrected chi connectivity index (χ2v) is 4.91. The molecule has 152 valence electrons. The van der Waals surface area contributed by atoms with Crippen molar-refractivity contribution in [2.24, 2.45) is 0 Å². The number of ether oxygens (including phenoxy) is 3. The van der Waals surface area contributed by atoms with Crippen LogP contribution in [-0.4, -0.2) is 96.7 Å². The van der Waals surface area contributed by atoms with Gasteiger partial charge in [-0.1, -0.05) is 0 Å². The van der Waals surface area contributed by atoms with Crippen LogP contribution in [0.3, 0.4) is 0 Å². The molecule has 0 aromatic heterocycles. The summed E-state index contributed by atoms with van der Waals surface area (Å²) >= 11 is 7.36. The van der Waals surface area contributed by atoms with E-state index in [4.69, 9.17) is 34.6 Å². The highest BCUT2D eigenvalue weighted by Gasteiger charge is 1.90. The third-order valence-electron chi connectivity index (χ3n) is 1.87. The lowest BCUT2D eigenvalue weighted by Gasteiger charge is -2.04. The molecule has 0 saturated carbocycles. The van der Waals surface area contributed by atoms with Crippen LogP contribution in [0.1, 0.15) is 12.8 Å². The minimum atomic E-state index is -0.787. The van der Waals surface area contributed by atoms with Crippen LogP contribution in [-0.2, 0) is 23.8 Å². The van der Waals surface area contributed by atoms with E-state index < -0.39 is 11.9 Å². The summed E-state index contributed by atoms with van der Waals surface area (Å²) in [6.07, 6.45) is 0.312. The largest absolute Gasteiger partial charge is 0.481 e. The Hall–Kier alpha value is -0.560. The van der Waals surface area contributed by atoms with Crippen LogP contribution < -0.4 is 0 Å². The van der Waals surface area contributed by atoms with Gasteiger partial charge >= 0.3 is 11.9 Å². The molecule has 0 fully saturated rings. The second-order valence-electron chi connectivity index (χ2n) is 4.02. The van der Waals surface area contributed by atoms with E-state index >= 15 is 0 Å². The number of rotatable bonds is 14. The molecular weight excluding hydrogens is 376 g/mol. The lowest BCUT2D eigenvalue weighted by molar-refractivity contribution is -0.137. The number of thiol groups is 2. The van der Waals surface area contributed by atoms with E-state index in [1.54, 1.807) is 0 Å². The Bertz CT molecular complexity index is 255. The number of aliphatic carboxylic acids is 2. The summed E-state index contributed by atoms with van der Waals surface area (Å²) in [5, 5.41) is 32.4. The monoisotopic (exact) mass is 406 g/mol. The highest BCUT2D eigenvalue weighted by Crippen LogP contribution is 1.81. The van der Waals surface area contributed by atoms with Crippen molar-refractivity contribution < 1.29 is 44.2 Å². The molecule has 0 rings (SSSR count). The zero-order valence-corrected chi connectivity index (χ0v) is 16.0. The lowest BCUT2D eigenvalue weighted by atomic mass is 10.5. The van der Waals surface area contributed by atoms with Crippen molar-refractivity contribution >= 4 is 37.2 Å². The maximum atomic E-state index is 9.55. The summed E-state index contributed by atoms with van der Waals surface area (Å²) in [7, 11) is 0. The van der Waals surface area contributed by atoms with Gasteiger partial charge in [0, 0.05) is 11.5 Å². The fraction of sp³-hybridized carbons (Fsp3) is 0.857. The smallest absolute Gasteiger partial charge is 0.304 e. The fourth-order valence-corrected chi connectivity index (χ4v) is 1.24. The van der Waals surface area contributed by atoms with Gasteiger partial charge in [-0.3, -0.25) is 9.59 Å². The predicted molar refractivity (Wildman–Crippen MR) is 98.8 cm³/mol. The van der Waals surface area contributed by atoms with E-state index in [0.29, 0.717) is 51.1 Å². The Labute approximate surface area is 159 Å². The van der Waals surface area contributed by atoms with Crippen LogP contribution in [0.15, 0.2) is 0 Å². The summed E-state index contributed by atoms with van der Waals surface area (Å²) in [4.78, 5) is 19.1. The summed E-state index contributed by atoms with van der Waals surface area (Å²) in [5.41, 5.74) is 0. The van der Waals surface area contributed by atoms with Crippen LogP contribution in [0, 0.1) is 0 Å². The quantitative estimate of drug-likeness (QED) is 0.171. The van der Waals surface area contributed by atoms with Crippen LogP contribution in [0.5, 0.6) is 0 Å². The minimum Gasteiger partial charge on any atom is -0.481 e. The Morgan fingerprint density at radius 1 is 0.640 bits per heavy atom. The molecule has 25 heavy (non-hydrogen) atoms. The topological polar surface area (TPSA) is 143 Å². The molecule has 0 atom stereocenters. The van der Waals surface area contributed by atoms with Crippen LogP contribution in [0.4, 0.5) is 0 Å². The van der Waals surface area contributed by atoms with E-state index in [1.807, 2.05) is 0 Å². The van der Waals surface area contributed by atoms with Gasteiger partial charge in [0.1, 0.15) is 0 Å². The molecule has 9 nitrogen and oxygen atoms in total. The number of aliphatic hydroxyl groups excluding tert-OH is 2. The molecule has 0 aliphatic carbocycles. The van der Waals surface area contributed by atoms with Gasteiger partial charge in [0.15, 0.2) is 0 Å². The van der Waals surface area contributed by atoms with Gasteiger partial charge in [-0.05, 0) is 0 Å². The first kappa shape index (κ1) is 29.2. The van der Waals surface area contributed by atoms with Gasteiger partial charge in [0.25, 0.3) is 0 Å². The number of hydrogen-bond acceptors (Lipinski definition) is 9. The molecule has 0 saturated heterocycles. The van der Waals surface area contributed by atoms with Crippen molar-refractivity contribution in [1.29, 1.82) is 0 Å². The number of carbonyl (C=O) groups is 2. The minimum absolute atomic E-state index is 0.0413. The predicted octanol–water partition coefficient (Wildman–Crippen LogP) is -0.197. The number of carboxylic acid groups (broad SMARTS) is 2. The molecule has 0 spiro atoms. The molecular formula is C14H30O9S2. The maximum Gasteiger partial charge on any atom is 0.304 e. The third-order valence-corrected chi connectivity index (χ3v) is 2.31. The van der Waals surface area contributed by atoms with Gasteiger partial charge in [0.05, 0.1) is 65.7 Å². The van der Waals surface area contributed by atoms with Crippen molar-refractivity contribution in [3.63, 3.8) is 0 Å². The first-order valence-electron chi connectivity index (χ1n) is 7.56. The lowest BCUT2D eigenvalue weighted by Crippen LogP contribution is -2.11. The highest BCUT2D eigenvalue weighted by atomic mass is 32.1. The molecule has 11 heteroatoms. The van der Waals surface area contributed by atoms with Crippen LogP contribution in [0.25, 0.3) is 0 Å². The third kappa shape index (κ3) is 45.2. The molecule has 4 N–H and O–H groups in total. The standard InChI is InChI=1S/C8H18O5.2C3H6O2S/c9-1-3-11-5-7-13-8-6-12-4-2-10;2*4-3(5)1-2-6/h9-10H,1-8H2;2*6H,1-2H2,(H,4,5). The summed E-state index contributed by atoms with van der Waals surface area (Å²) < 4.78 is 15.0. The summed E-state index contributed by atoms with van der Waals surface area (Å²) in [6.45, 7) is 2.76. The van der Waals surface area contributed by atoms with Crippen molar-refractivity contribution in [3.8, 4) is 0 Å². The van der Waals surface area contributed by atoms with Gasteiger partial charge in [0.2, 0.25) is 0 Å². The highest BCUT2D eigenvalue weighted by molar-refractivity contribution is 7.80. The first-order chi connectivity index (χ1) is 12.0. The normalized spacial score (nSPS) is 9.44. The Morgan fingerprint density at radius 3 is 1.08 bits per heavy atom. The zero-order valence-electron chi connectivity index (χ0n) is 14.2. The molecule has 0 heterocycles. The SMILES string of the molecule is O=C(O)CCS.O=C(O)CCS.OCCOCCOCCOCCO. The first-order valence-corrected chi connectivity index (χ1v) is 8.82. The maximum absolute atomic E-state index is 9.55. The summed E-state index contributed by atoms with van der Waals surface area (Å²) in [5.74, 6) is -0.722. The van der Waals surface area contributed by atoms with E-state index in [-0.39, 0.29) is 26.1 Å². The molecule has 0 unspecified atom stereocenters. The molecule has 0 amide bonds. The number of carboxylic acids is 2. The zero-order chi connectivity index (χ0) is 19.8. The van der Waals surface area contributed by atoms with Crippen LogP contribution in [0.2, 0.25) is 0 Å². The molecule has 0 bridgehead atoms. The van der Waals surface area contributed by atoms with Gasteiger partial charge < -0.3 is 34.6 Å². The van der Waals surface area contributed by atoms with Crippen molar-refractivity contribution in [2.75, 3.05) is 64.4 Å². The van der Waals surface area contributed by atoms with Gasteiger partial charge in [-0.2, -0.15) is 25.3 Å². The molecule has 0 aromatic rings. The molecule has 0 radical (unpaired) electrons. The fourth-order valence-electron chi connectivity index (χ4n) is 0.862. The molecule has 0 aromatic carbocycles. The molecule has 0 aliphatic heterocycles. The van der Waals surface area contributed by atoms with E-state index in [0.717, 1.165) is 0 Å². The van der Waals surface area contributed by atoms with Crippen molar-refractivity contribution in [1.82, 2.24) is 0 Å². The van der Waals surface area contributed by atoms with E-state index in [1.165, 1.54) is 0 Å². The Morgan fingerprint density at radius 2 is 0.920 bits per heavy atom. The molecule has 0 aliphatic rings. The average molecular weight is 407 g/mol. The van der Waals surface area contributed by atoms with Crippen molar-refractivity contribution in [2.45, 2.75) is 12.8 Å². The number of aliphatic hydroxyl groups is 2. The summed E-state index contributed by atoms with van der Waals surface area (Å²) in [6, 6.07) is 0.